The van der Waals surface area contributed by atoms with Crippen LogP contribution in [0.25, 0.3) is 6.08 Å². The van der Waals surface area contributed by atoms with E-state index in [0.29, 0.717) is 5.56 Å². The molecule has 0 saturated heterocycles. The van der Waals surface area contributed by atoms with Crippen molar-refractivity contribution >= 4 is 6.08 Å². The first kappa shape index (κ1) is 13.4. The van der Waals surface area contributed by atoms with Gasteiger partial charge < -0.3 is 20.4 Å². The first-order valence-electron chi connectivity index (χ1n) is 5.15. The molecule has 4 nitrogen and oxygen atoms in total. The number of benzene rings is 2. The molecule has 4 N–H and O–H groups in total. The Labute approximate surface area is 105 Å². The highest BCUT2D eigenvalue weighted by molar-refractivity contribution is 5.56. The second-order valence-corrected chi connectivity index (χ2v) is 3.47. The molecule has 18 heavy (non-hydrogen) atoms. The summed E-state index contributed by atoms with van der Waals surface area (Å²) in [6.45, 7) is 3.48. The van der Waals surface area contributed by atoms with Gasteiger partial charge in [0, 0.05) is 17.7 Å². The molecule has 0 unspecified atom stereocenters. The lowest BCUT2D eigenvalue weighted by atomic mass is 10.2. The number of phenolic OH excluding ortho intramolecular Hbond substituents is 4. The third kappa shape index (κ3) is 4.09. The molecule has 0 radical (unpaired) electrons. The van der Waals surface area contributed by atoms with Crippen molar-refractivity contribution < 1.29 is 20.4 Å². The minimum absolute atomic E-state index is 0.0509. The van der Waals surface area contributed by atoms with Crippen LogP contribution in [0.4, 0.5) is 0 Å². The molecule has 0 spiro atoms. The third-order valence-corrected chi connectivity index (χ3v) is 2.06. The van der Waals surface area contributed by atoms with Gasteiger partial charge in [-0.15, -0.1) is 0 Å². The summed E-state index contributed by atoms with van der Waals surface area (Å²) in [5.41, 5.74) is 0.623. The van der Waals surface area contributed by atoms with Crippen molar-refractivity contribution in [3.05, 3.63) is 54.6 Å². The summed E-state index contributed by atoms with van der Waals surface area (Å²) >= 11 is 0. The van der Waals surface area contributed by atoms with Crippen LogP contribution in [0, 0.1) is 0 Å². The Morgan fingerprint density at radius 2 is 1.33 bits per heavy atom. The molecule has 2 aromatic carbocycles. The largest absolute Gasteiger partial charge is 0.508 e. The van der Waals surface area contributed by atoms with E-state index in [4.69, 9.17) is 20.4 Å². The molecule has 0 aromatic heterocycles. The highest BCUT2D eigenvalue weighted by Crippen LogP contribution is 2.22. The van der Waals surface area contributed by atoms with E-state index in [1.807, 2.05) is 0 Å². The molecule has 2 rings (SSSR count). The van der Waals surface area contributed by atoms with Gasteiger partial charge in [-0.3, -0.25) is 0 Å². The van der Waals surface area contributed by atoms with Gasteiger partial charge >= 0.3 is 0 Å². The van der Waals surface area contributed by atoms with E-state index >= 15 is 0 Å². The summed E-state index contributed by atoms with van der Waals surface area (Å²) in [5, 5.41) is 35.2. The smallest absolute Gasteiger partial charge is 0.126 e. The summed E-state index contributed by atoms with van der Waals surface area (Å²) in [5.74, 6) is 0.285. The summed E-state index contributed by atoms with van der Waals surface area (Å²) in [4.78, 5) is 0. The SMILES string of the molecule is C=Cc1ccc(O)cc1O.Oc1cccc(O)c1. The van der Waals surface area contributed by atoms with E-state index in [1.165, 1.54) is 36.4 Å². The van der Waals surface area contributed by atoms with E-state index in [1.54, 1.807) is 12.1 Å². The molecule has 2 aromatic rings. The minimum Gasteiger partial charge on any atom is -0.508 e. The summed E-state index contributed by atoms with van der Waals surface area (Å²) < 4.78 is 0. The van der Waals surface area contributed by atoms with E-state index in [9.17, 15) is 0 Å². The van der Waals surface area contributed by atoms with Crippen molar-refractivity contribution in [1.29, 1.82) is 0 Å². The van der Waals surface area contributed by atoms with Crippen LogP contribution in [-0.2, 0) is 0 Å². The fourth-order valence-corrected chi connectivity index (χ4v) is 1.20. The highest BCUT2D eigenvalue weighted by Gasteiger charge is 1.95. The number of aromatic hydroxyl groups is 4. The van der Waals surface area contributed by atoms with Crippen LogP contribution < -0.4 is 0 Å². The van der Waals surface area contributed by atoms with Crippen LogP contribution in [0.15, 0.2) is 49.0 Å². The maximum absolute atomic E-state index is 9.06. The molecule has 0 aliphatic heterocycles. The lowest BCUT2D eigenvalue weighted by Crippen LogP contribution is -1.72. The minimum atomic E-state index is 0.0509. The Balaban J connectivity index is 0.000000184. The Hall–Kier alpha value is -2.62. The molecule has 0 fully saturated rings. The topological polar surface area (TPSA) is 80.9 Å². The third-order valence-electron chi connectivity index (χ3n) is 2.06. The molecule has 94 valence electrons. The van der Waals surface area contributed by atoms with E-state index < -0.39 is 0 Å². The number of phenols is 4. The lowest BCUT2D eigenvalue weighted by molar-refractivity contribution is 0.449. The molecule has 0 saturated carbocycles. The zero-order valence-electron chi connectivity index (χ0n) is 9.61. The van der Waals surface area contributed by atoms with Crippen molar-refractivity contribution in [3.63, 3.8) is 0 Å². The standard InChI is InChI=1S/C8H8O2.C6H6O2/c1-2-6-3-4-7(9)5-8(6)10;7-5-2-1-3-6(8)4-5/h2-5,9-10H,1H2;1-4,7-8H. The molecule has 0 aliphatic rings. The summed E-state index contributed by atoms with van der Waals surface area (Å²) in [6, 6.07) is 10.2. The Bertz CT molecular complexity index is 518. The second-order valence-electron chi connectivity index (χ2n) is 3.47. The van der Waals surface area contributed by atoms with Crippen LogP contribution in [0.2, 0.25) is 0 Å². The maximum atomic E-state index is 9.06. The quantitative estimate of drug-likeness (QED) is 0.623. The van der Waals surface area contributed by atoms with E-state index in [-0.39, 0.29) is 23.0 Å². The van der Waals surface area contributed by atoms with E-state index in [2.05, 4.69) is 6.58 Å². The van der Waals surface area contributed by atoms with Crippen LogP contribution in [-0.4, -0.2) is 20.4 Å². The fourth-order valence-electron chi connectivity index (χ4n) is 1.20. The monoisotopic (exact) mass is 246 g/mol. The van der Waals surface area contributed by atoms with Crippen molar-refractivity contribution in [1.82, 2.24) is 0 Å². The zero-order chi connectivity index (χ0) is 13.5. The molecule has 0 heterocycles. The predicted molar refractivity (Wildman–Crippen MR) is 69.6 cm³/mol. The van der Waals surface area contributed by atoms with Crippen LogP contribution in [0.3, 0.4) is 0 Å². The number of rotatable bonds is 1. The zero-order valence-corrected chi connectivity index (χ0v) is 9.61. The summed E-state index contributed by atoms with van der Waals surface area (Å²) in [7, 11) is 0. The van der Waals surface area contributed by atoms with Gasteiger partial charge in [-0.1, -0.05) is 18.7 Å². The highest BCUT2D eigenvalue weighted by atomic mass is 16.3. The maximum Gasteiger partial charge on any atom is 0.126 e. The molecule has 4 heteroatoms. The molecule has 0 atom stereocenters. The van der Waals surface area contributed by atoms with Gasteiger partial charge in [0.25, 0.3) is 0 Å². The van der Waals surface area contributed by atoms with Gasteiger partial charge in [0.05, 0.1) is 0 Å². The average Bonchev–Trinajstić information content (AvgIpc) is 2.29. The average molecular weight is 246 g/mol. The van der Waals surface area contributed by atoms with Crippen molar-refractivity contribution in [2.75, 3.05) is 0 Å². The first-order valence-corrected chi connectivity index (χ1v) is 5.15. The van der Waals surface area contributed by atoms with Gasteiger partial charge in [-0.2, -0.15) is 0 Å². The van der Waals surface area contributed by atoms with Crippen LogP contribution in [0.5, 0.6) is 23.0 Å². The van der Waals surface area contributed by atoms with Gasteiger partial charge in [-0.25, -0.2) is 0 Å². The molecule has 0 bridgehead atoms. The van der Waals surface area contributed by atoms with Gasteiger partial charge in [0.2, 0.25) is 0 Å². The van der Waals surface area contributed by atoms with Gasteiger partial charge in [0.15, 0.2) is 0 Å². The van der Waals surface area contributed by atoms with Crippen molar-refractivity contribution in [2.24, 2.45) is 0 Å². The Morgan fingerprint density at radius 3 is 1.72 bits per heavy atom. The van der Waals surface area contributed by atoms with Gasteiger partial charge in [-0.05, 0) is 24.3 Å². The summed E-state index contributed by atoms with van der Waals surface area (Å²) in [6.07, 6.45) is 1.52. The Kier molecular flexibility index (Phi) is 4.63. The molecular formula is C14H14O4. The molecule has 0 aliphatic carbocycles. The number of hydrogen-bond donors (Lipinski definition) is 4. The van der Waals surface area contributed by atoms with Gasteiger partial charge in [0.1, 0.15) is 23.0 Å². The molecule has 0 amide bonds. The normalized spacial score (nSPS) is 9.11. The number of hydrogen-bond acceptors (Lipinski definition) is 4. The Morgan fingerprint density at radius 1 is 0.778 bits per heavy atom. The van der Waals surface area contributed by atoms with Crippen molar-refractivity contribution in [3.8, 4) is 23.0 Å². The van der Waals surface area contributed by atoms with Crippen molar-refractivity contribution in [2.45, 2.75) is 0 Å². The molecular weight excluding hydrogens is 232 g/mol. The second kappa shape index (κ2) is 6.20. The van der Waals surface area contributed by atoms with Crippen LogP contribution in [0.1, 0.15) is 5.56 Å². The predicted octanol–water partition coefficient (Wildman–Crippen LogP) is 2.84. The first-order chi connectivity index (χ1) is 8.52. The van der Waals surface area contributed by atoms with Crippen LogP contribution >= 0.6 is 0 Å². The fraction of sp³-hybridized carbons (Fsp3) is 0. The lowest BCUT2D eigenvalue weighted by Gasteiger charge is -1.97. The van der Waals surface area contributed by atoms with E-state index in [0.717, 1.165) is 0 Å².